The van der Waals surface area contributed by atoms with Crippen molar-refractivity contribution in [3.05, 3.63) is 54.4 Å². The van der Waals surface area contributed by atoms with Crippen molar-refractivity contribution in [2.75, 3.05) is 18.6 Å². The molecule has 6 saturated carbocycles. The van der Waals surface area contributed by atoms with Crippen LogP contribution in [0.5, 0.6) is 5.88 Å². The quantitative estimate of drug-likeness (QED) is 0.385. The highest BCUT2D eigenvalue weighted by atomic mass is 19.1. The van der Waals surface area contributed by atoms with Gasteiger partial charge in [0.05, 0.1) is 12.5 Å². The fraction of sp³-hybridized carbons (Fsp3) is 0.533. The van der Waals surface area contributed by atoms with Crippen molar-refractivity contribution in [2.24, 2.45) is 10.8 Å². The van der Waals surface area contributed by atoms with Crippen LogP contribution in [-0.2, 0) is 10.2 Å². The van der Waals surface area contributed by atoms with Gasteiger partial charge in [0.25, 0.3) is 0 Å². The second-order valence-corrected chi connectivity index (χ2v) is 12.4. The van der Waals surface area contributed by atoms with E-state index < -0.39 is 11.1 Å². The highest BCUT2D eigenvalue weighted by Gasteiger charge is 2.73. The van der Waals surface area contributed by atoms with E-state index in [2.05, 4.69) is 21.2 Å². The Kier molecular flexibility index (Phi) is 5.08. The fourth-order valence-corrected chi connectivity index (χ4v) is 7.68. The van der Waals surface area contributed by atoms with Gasteiger partial charge in [-0.25, -0.2) is 9.37 Å². The lowest BCUT2D eigenvalue weighted by atomic mass is 9.41. The van der Waals surface area contributed by atoms with E-state index in [1.165, 1.54) is 0 Å². The molecule has 1 amide bonds. The van der Waals surface area contributed by atoms with Crippen LogP contribution in [0, 0.1) is 17.8 Å². The van der Waals surface area contributed by atoms with E-state index in [-0.39, 0.29) is 16.7 Å². The molecule has 0 atom stereocenters. The molecule has 9 rings (SSSR count). The van der Waals surface area contributed by atoms with Crippen LogP contribution in [0.15, 0.2) is 47.0 Å². The Bertz CT molecular complexity index is 1370. The molecule has 0 radical (unpaired) electrons. The lowest BCUT2D eigenvalue weighted by molar-refractivity contribution is -0.211. The Morgan fingerprint density at radius 1 is 1.03 bits per heavy atom. The monoisotopic (exact) mass is 516 g/mol. The van der Waals surface area contributed by atoms with E-state index in [4.69, 9.17) is 9.15 Å². The first-order chi connectivity index (χ1) is 18.3. The van der Waals surface area contributed by atoms with Gasteiger partial charge in [-0.3, -0.25) is 4.79 Å². The Morgan fingerprint density at radius 3 is 2.37 bits per heavy atom. The van der Waals surface area contributed by atoms with E-state index in [1.807, 2.05) is 42.2 Å². The third-order valence-electron chi connectivity index (χ3n) is 9.97. The molecule has 6 fully saturated rings. The van der Waals surface area contributed by atoms with Gasteiger partial charge in [-0.05, 0) is 92.5 Å². The van der Waals surface area contributed by atoms with Crippen LogP contribution in [0.4, 0.5) is 10.1 Å². The number of alkyl halides is 1. The van der Waals surface area contributed by atoms with Crippen LogP contribution in [0.3, 0.4) is 0 Å². The summed E-state index contributed by atoms with van der Waals surface area (Å²) in [6, 6.07) is 12.0. The third-order valence-corrected chi connectivity index (χ3v) is 9.97. The Labute approximate surface area is 221 Å². The molecular weight excluding hydrogens is 483 g/mol. The van der Waals surface area contributed by atoms with Crippen molar-refractivity contribution >= 4 is 11.6 Å². The zero-order valence-corrected chi connectivity index (χ0v) is 22.0. The summed E-state index contributed by atoms with van der Waals surface area (Å²) in [6.07, 6.45) is 8.84. The lowest BCUT2D eigenvalue weighted by Crippen LogP contribution is -2.71. The maximum absolute atomic E-state index is 14.5. The van der Waals surface area contributed by atoms with Gasteiger partial charge in [-0.1, -0.05) is 12.1 Å². The minimum Gasteiger partial charge on any atom is -0.481 e. The summed E-state index contributed by atoms with van der Waals surface area (Å²) < 4.78 is 25.7. The van der Waals surface area contributed by atoms with Crippen LogP contribution < -0.4 is 9.64 Å². The smallest absolute Gasteiger partial charge is 0.233 e. The molecule has 38 heavy (non-hydrogen) atoms. The maximum atomic E-state index is 14.5. The SMILES string of the molecule is COc1cc(-c2cccc(N(CC34CCC(c5nnc(C)o5)(CC3)CC4)C(=O)C34CC(F)(C3)C4)c2)ccn1. The highest BCUT2D eigenvalue weighted by Crippen LogP contribution is 2.70. The summed E-state index contributed by atoms with van der Waals surface area (Å²) in [6.45, 7) is 2.50. The molecule has 2 aromatic heterocycles. The van der Waals surface area contributed by atoms with Crippen LogP contribution in [0.2, 0.25) is 0 Å². The summed E-state index contributed by atoms with van der Waals surface area (Å²) in [4.78, 5) is 20.3. The molecule has 0 saturated heterocycles. The topological polar surface area (TPSA) is 81.4 Å². The second-order valence-electron chi connectivity index (χ2n) is 12.4. The number of fused-ring (bicyclic) bond motifs is 3. The normalized spacial score (nSPS) is 32.8. The molecule has 7 nitrogen and oxygen atoms in total. The molecule has 6 aliphatic rings. The molecule has 0 unspecified atom stereocenters. The number of aryl methyl sites for hydroxylation is 1. The summed E-state index contributed by atoms with van der Waals surface area (Å²) in [5.74, 6) is 2.03. The molecule has 2 heterocycles. The van der Waals surface area contributed by atoms with Crippen molar-refractivity contribution in [1.29, 1.82) is 0 Å². The van der Waals surface area contributed by atoms with Crippen molar-refractivity contribution in [1.82, 2.24) is 15.2 Å². The fourth-order valence-electron chi connectivity index (χ4n) is 7.68. The zero-order chi connectivity index (χ0) is 26.2. The number of methoxy groups -OCH3 is 1. The maximum Gasteiger partial charge on any atom is 0.233 e. The first kappa shape index (κ1) is 23.8. The minimum absolute atomic E-state index is 0.0351. The molecule has 0 spiro atoms. The van der Waals surface area contributed by atoms with E-state index in [0.29, 0.717) is 37.6 Å². The molecule has 3 aromatic rings. The van der Waals surface area contributed by atoms with Gasteiger partial charge in [0, 0.05) is 36.8 Å². The number of halogens is 1. The number of pyridine rings is 1. The number of hydrogen-bond acceptors (Lipinski definition) is 6. The number of amides is 1. The Balaban J connectivity index is 1.19. The zero-order valence-electron chi connectivity index (χ0n) is 22.0. The molecular formula is C30H33FN4O3. The van der Waals surface area contributed by atoms with Crippen LogP contribution in [0.25, 0.3) is 11.1 Å². The molecule has 198 valence electrons. The van der Waals surface area contributed by atoms with Crippen molar-refractivity contribution in [3.8, 4) is 17.0 Å². The number of nitrogens with zero attached hydrogens (tertiary/aromatic N) is 4. The average Bonchev–Trinajstić information content (AvgIpc) is 3.37. The van der Waals surface area contributed by atoms with E-state index >= 15 is 0 Å². The number of carbonyl (C=O) groups is 1. The number of aromatic nitrogens is 3. The predicted molar refractivity (Wildman–Crippen MR) is 140 cm³/mol. The van der Waals surface area contributed by atoms with E-state index in [0.717, 1.165) is 61.2 Å². The Morgan fingerprint density at radius 2 is 1.74 bits per heavy atom. The molecule has 1 aromatic carbocycles. The van der Waals surface area contributed by atoms with Gasteiger partial charge < -0.3 is 14.1 Å². The lowest BCUT2D eigenvalue weighted by Gasteiger charge is -2.65. The number of hydrogen-bond donors (Lipinski definition) is 0. The number of ether oxygens (including phenoxy) is 1. The van der Waals surface area contributed by atoms with Gasteiger partial charge in [0.1, 0.15) is 5.67 Å². The summed E-state index contributed by atoms with van der Waals surface area (Å²) in [5.41, 5.74) is 1.21. The van der Waals surface area contributed by atoms with Gasteiger partial charge in [-0.2, -0.15) is 0 Å². The number of rotatable bonds is 7. The first-order valence-corrected chi connectivity index (χ1v) is 13.7. The predicted octanol–water partition coefficient (Wildman–Crippen LogP) is 5.97. The summed E-state index contributed by atoms with van der Waals surface area (Å²) in [7, 11) is 1.60. The molecule has 0 aliphatic heterocycles. The Hall–Kier alpha value is -3.29. The van der Waals surface area contributed by atoms with Crippen molar-refractivity contribution < 1.29 is 18.3 Å². The summed E-state index contributed by atoms with van der Waals surface area (Å²) in [5, 5.41) is 8.47. The first-order valence-electron chi connectivity index (χ1n) is 13.7. The van der Waals surface area contributed by atoms with E-state index in [1.54, 1.807) is 13.3 Å². The summed E-state index contributed by atoms with van der Waals surface area (Å²) >= 11 is 0. The highest BCUT2D eigenvalue weighted by molar-refractivity contribution is 6.00. The van der Waals surface area contributed by atoms with Crippen LogP contribution >= 0.6 is 0 Å². The number of carbonyl (C=O) groups excluding carboxylic acids is 1. The third kappa shape index (κ3) is 3.59. The van der Waals surface area contributed by atoms with Gasteiger partial charge in [-0.15, -0.1) is 10.2 Å². The second kappa shape index (κ2) is 8.10. The molecule has 4 bridgehead atoms. The average molecular weight is 517 g/mol. The van der Waals surface area contributed by atoms with Crippen LogP contribution in [-0.4, -0.2) is 40.4 Å². The number of anilines is 1. The van der Waals surface area contributed by atoms with Crippen molar-refractivity contribution in [2.45, 2.75) is 75.8 Å². The molecule has 8 heteroatoms. The van der Waals surface area contributed by atoms with Crippen molar-refractivity contribution in [3.63, 3.8) is 0 Å². The molecule has 0 N–H and O–H groups in total. The van der Waals surface area contributed by atoms with E-state index in [9.17, 15) is 9.18 Å². The number of benzene rings is 1. The van der Waals surface area contributed by atoms with Gasteiger partial charge >= 0.3 is 0 Å². The van der Waals surface area contributed by atoms with Crippen LogP contribution in [0.1, 0.15) is 69.6 Å². The standard InChI is InChI=1S/C30H33FN4O3/c1-20-33-34-25(38-20)28-10-7-27(8-11-28,9-12-28)19-35(26(36)29-16-30(31,17-29)18-29)23-5-3-4-21(14-23)22-6-13-32-24(15-22)37-2/h3-6,13-15H,7-12,16-19H2,1-2H3. The minimum atomic E-state index is -1.12. The molecule has 6 aliphatic carbocycles. The van der Waals surface area contributed by atoms with Gasteiger partial charge in [0.15, 0.2) is 0 Å². The largest absolute Gasteiger partial charge is 0.481 e. The van der Waals surface area contributed by atoms with Gasteiger partial charge in [0.2, 0.25) is 23.6 Å².